The number of hydrogen-bond donors (Lipinski definition) is 3. The van der Waals surface area contributed by atoms with Crippen LogP contribution in [0.25, 0.3) is 0 Å². The number of fused-ring (bicyclic) bond motifs is 1. The summed E-state index contributed by atoms with van der Waals surface area (Å²) in [6.45, 7) is 12.8. The number of anilines is 1. The quantitative estimate of drug-likeness (QED) is 0.245. The lowest BCUT2D eigenvalue weighted by molar-refractivity contribution is -0.147. The molecule has 1 unspecified atom stereocenters. The second-order valence-electron chi connectivity index (χ2n) is 11.5. The number of aliphatic imine (C=N–C) groups is 1. The van der Waals surface area contributed by atoms with Gasteiger partial charge < -0.3 is 10.4 Å². The van der Waals surface area contributed by atoms with Crippen molar-refractivity contribution in [2.24, 2.45) is 15.5 Å². The van der Waals surface area contributed by atoms with Gasteiger partial charge in [0.1, 0.15) is 5.69 Å². The summed E-state index contributed by atoms with van der Waals surface area (Å²) in [7, 11) is 1.80. The van der Waals surface area contributed by atoms with Crippen LogP contribution in [0.5, 0.6) is 0 Å². The number of carboxylic acids is 1. The predicted molar refractivity (Wildman–Crippen MR) is 165 cm³/mol. The lowest BCUT2D eigenvalue weighted by Gasteiger charge is -2.34. The van der Waals surface area contributed by atoms with Crippen LogP contribution >= 0.6 is 0 Å². The number of hydrogen-bond acceptors (Lipinski definition) is 7. The SMILES string of the molecule is CCC1=NCCc2ccncc2CN(Cc2cc(C(c3ccc(NC)c(N=N)c3C)C(C)(C)C(=O)O)ccc2C)C1. The van der Waals surface area contributed by atoms with Crippen molar-refractivity contribution in [1.82, 2.24) is 9.88 Å². The molecule has 0 bridgehead atoms. The number of carbonyl (C=O) groups is 1. The lowest BCUT2D eigenvalue weighted by atomic mass is 9.69. The summed E-state index contributed by atoms with van der Waals surface area (Å²) in [5.41, 5.74) is 16.6. The monoisotopic (exact) mass is 554 g/mol. The van der Waals surface area contributed by atoms with Crippen molar-refractivity contribution in [2.45, 2.75) is 66.5 Å². The summed E-state index contributed by atoms with van der Waals surface area (Å²) >= 11 is 0. The molecule has 3 aromatic rings. The van der Waals surface area contributed by atoms with Gasteiger partial charge in [-0.2, -0.15) is 5.11 Å². The first-order chi connectivity index (χ1) is 19.6. The Morgan fingerprint density at radius 2 is 1.95 bits per heavy atom. The Bertz CT molecular complexity index is 1460. The summed E-state index contributed by atoms with van der Waals surface area (Å²) < 4.78 is 0. The third-order valence-electron chi connectivity index (χ3n) is 8.47. The highest BCUT2D eigenvalue weighted by Gasteiger charge is 2.40. The predicted octanol–water partition coefficient (Wildman–Crippen LogP) is 7.05. The Morgan fingerprint density at radius 3 is 2.63 bits per heavy atom. The van der Waals surface area contributed by atoms with Crippen molar-refractivity contribution in [3.8, 4) is 0 Å². The highest BCUT2D eigenvalue weighted by atomic mass is 16.4. The average Bonchev–Trinajstić information content (AvgIpc) is 3.03. The highest BCUT2D eigenvalue weighted by Crippen LogP contribution is 2.46. The second kappa shape index (κ2) is 12.7. The van der Waals surface area contributed by atoms with E-state index < -0.39 is 17.3 Å². The van der Waals surface area contributed by atoms with Crippen LogP contribution in [-0.2, 0) is 24.3 Å². The fourth-order valence-corrected chi connectivity index (χ4v) is 5.88. The molecule has 0 saturated carbocycles. The highest BCUT2D eigenvalue weighted by molar-refractivity contribution is 5.86. The molecule has 3 N–H and O–H groups in total. The van der Waals surface area contributed by atoms with E-state index in [1.54, 1.807) is 20.9 Å². The Balaban J connectivity index is 1.80. The second-order valence-corrected chi connectivity index (χ2v) is 11.5. The molecule has 0 aliphatic carbocycles. The van der Waals surface area contributed by atoms with E-state index in [0.717, 1.165) is 66.0 Å². The van der Waals surface area contributed by atoms with Gasteiger partial charge in [0, 0.05) is 57.2 Å². The van der Waals surface area contributed by atoms with E-state index in [1.807, 2.05) is 37.5 Å². The number of aromatic nitrogens is 1. The summed E-state index contributed by atoms with van der Waals surface area (Å²) in [6, 6.07) is 12.3. The van der Waals surface area contributed by atoms with Gasteiger partial charge in [-0.3, -0.25) is 19.7 Å². The van der Waals surface area contributed by atoms with E-state index in [9.17, 15) is 9.90 Å². The van der Waals surface area contributed by atoms with Gasteiger partial charge in [-0.05, 0) is 91.6 Å². The zero-order chi connectivity index (χ0) is 29.7. The molecule has 0 amide bonds. The van der Waals surface area contributed by atoms with E-state index >= 15 is 0 Å². The summed E-state index contributed by atoms with van der Waals surface area (Å²) in [5.74, 6) is -1.32. The standard InChI is InChI=1S/C33H42N6O2/c1-7-27-20-39(19-26-17-36-14-12-23(26)13-15-37-27)18-25-16-24(9-8-21(25)2)30(33(4,5)32(40)41)28-10-11-29(35-6)31(38-34)22(28)3/h8-12,14,16-17,30,34-35H,7,13,15,18-20H2,1-6H3,(H,40,41). The molecule has 0 fully saturated rings. The molecule has 8 nitrogen and oxygen atoms in total. The topological polar surface area (TPSA) is 114 Å². The maximum absolute atomic E-state index is 12.7. The average molecular weight is 555 g/mol. The molecular formula is C33H42N6O2. The van der Waals surface area contributed by atoms with Crippen LogP contribution in [-0.4, -0.2) is 46.8 Å². The summed E-state index contributed by atoms with van der Waals surface area (Å²) in [5, 5.41) is 17.3. The molecule has 1 aromatic heterocycles. The van der Waals surface area contributed by atoms with Crippen molar-refractivity contribution in [3.63, 3.8) is 0 Å². The van der Waals surface area contributed by atoms with E-state index in [2.05, 4.69) is 52.4 Å². The van der Waals surface area contributed by atoms with Gasteiger partial charge >= 0.3 is 5.97 Å². The molecule has 1 aliphatic heterocycles. The minimum absolute atomic E-state index is 0.445. The number of benzene rings is 2. The van der Waals surface area contributed by atoms with Crippen LogP contribution in [0.15, 0.2) is 58.9 Å². The molecule has 0 spiro atoms. The Hall–Kier alpha value is -3.91. The summed E-state index contributed by atoms with van der Waals surface area (Å²) in [4.78, 5) is 24.4. The molecule has 1 atom stereocenters. The number of aliphatic carboxylic acids is 1. The number of aryl methyl sites for hydroxylation is 1. The molecule has 0 saturated heterocycles. The zero-order valence-corrected chi connectivity index (χ0v) is 25.1. The van der Waals surface area contributed by atoms with Crippen LogP contribution in [0, 0.1) is 24.8 Å². The smallest absolute Gasteiger partial charge is 0.310 e. The number of carboxylic acid groups (broad SMARTS) is 1. The Kier molecular flexibility index (Phi) is 9.33. The van der Waals surface area contributed by atoms with Crippen molar-refractivity contribution in [2.75, 3.05) is 25.5 Å². The first kappa shape index (κ1) is 30.1. The van der Waals surface area contributed by atoms with Gasteiger partial charge in [0.05, 0.1) is 11.1 Å². The van der Waals surface area contributed by atoms with Crippen molar-refractivity contribution in [1.29, 1.82) is 5.53 Å². The largest absolute Gasteiger partial charge is 0.481 e. The first-order valence-corrected chi connectivity index (χ1v) is 14.3. The molecule has 4 rings (SSSR count). The maximum Gasteiger partial charge on any atom is 0.310 e. The number of nitrogens with zero attached hydrogens (tertiary/aromatic N) is 4. The molecule has 1 aliphatic rings. The third-order valence-corrected chi connectivity index (χ3v) is 8.47. The molecule has 0 radical (unpaired) electrons. The fraction of sp³-hybridized carbons (Fsp3) is 0.424. The number of rotatable bonds is 9. The van der Waals surface area contributed by atoms with E-state index in [-0.39, 0.29) is 0 Å². The number of nitrogens with one attached hydrogen (secondary N) is 2. The van der Waals surface area contributed by atoms with E-state index in [4.69, 9.17) is 10.5 Å². The Morgan fingerprint density at radius 1 is 1.17 bits per heavy atom. The van der Waals surface area contributed by atoms with Gasteiger partial charge in [-0.15, -0.1) is 0 Å². The summed E-state index contributed by atoms with van der Waals surface area (Å²) in [6.07, 6.45) is 5.65. The van der Waals surface area contributed by atoms with Gasteiger partial charge in [0.15, 0.2) is 0 Å². The van der Waals surface area contributed by atoms with Crippen molar-refractivity contribution in [3.05, 3.63) is 87.7 Å². The lowest BCUT2D eigenvalue weighted by Crippen LogP contribution is -2.33. The zero-order valence-electron chi connectivity index (χ0n) is 25.1. The van der Waals surface area contributed by atoms with Crippen LogP contribution in [0.1, 0.15) is 72.1 Å². The molecule has 8 heteroatoms. The van der Waals surface area contributed by atoms with E-state index in [1.165, 1.54) is 16.8 Å². The van der Waals surface area contributed by atoms with Crippen LogP contribution < -0.4 is 5.32 Å². The molecule has 41 heavy (non-hydrogen) atoms. The first-order valence-electron chi connectivity index (χ1n) is 14.3. The van der Waals surface area contributed by atoms with Crippen LogP contribution in [0.4, 0.5) is 11.4 Å². The normalized spacial score (nSPS) is 15.1. The van der Waals surface area contributed by atoms with Crippen LogP contribution in [0.2, 0.25) is 0 Å². The van der Waals surface area contributed by atoms with Crippen molar-refractivity contribution >= 4 is 23.1 Å². The molecule has 2 aromatic carbocycles. The van der Waals surface area contributed by atoms with Crippen LogP contribution in [0.3, 0.4) is 0 Å². The van der Waals surface area contributed by atoms with Crippen molar-refractivity contribution < 1.29 is 9.90 Å². The molecule has 216 valence electrons. The van der Waals surface area contributed by atoms with Gasteiger partial charge in [0.25, 0.3) is 0 Å². The van der Waals surface area contributed by atoms with Gasteiger partial charge in [0.2, 0.25) is 0 Å². The minimum atomic E-state index is -1.11. The third kappa shape index (κ3) is 6.38. The van der Waals surface area contributed by atoms with Gasteiger partial charge in [-0.1, -0.05) is 31.2 Å². The molecular weight excluding hydrogens is 512 g/mol. The number of pyridine rings is 1. The van der Waals surface area contributed by atoms with E-state index in [0.29, 0.717) is 12.2 Å². The van der Waals surface area contributed by atoms with Gasteiger partial charge in [-0.25, -0.2) is 5.53 Å². The minimum Gasteiger partial charge on any atom is -0.481 e. The molecule has 2 heterocycles. The fourth-order valence-electron chi connectivity index (χ4n) is 5.88. The Labute approximate surface area is 243 Å². The maximum atomic E-state index is 12.7.